The molecule has 1 heterocycles. The molecule has 0 bridgehead atoms. The van der Waals surface area contributed by atoms with Gasteiger partial charge in [0.05, 0.1) is 11.3 Å². The van der Waals surface area contributed by atoms with Crippen LogP contribution in [-0.2, 0) is 6.42 Å². The van der Waals surface area contributed by atoms with Gasteiger partial charge in [-0.3, -0.25) is 0 Å². The second-order valence-corrected chi connectivity index (χ2v) is 5.74. The van der Waals surface area contributed by atoms with Crippen molar-refractivity contribution in [2.24, 2.45) is 0 Å². The fraction of sp³-hybridized carbons (Fsp3) is 0.188. The van der Waals surface area contributed by atoms with Crippen molar-refractivity contribution in [2.45, 2.75) is 12.8 Å². The zero-order valence-corrected chi connectivity index (χ0v) is 12.5. The number of hydrogen-bond donors (Lipinski definition) is 2. The lowest BCUT2D eigenvalue weighted by molar-refractivity contribution is 0.830. The topological polar surface area (TPSA) is 47.9 Å². The minimum atomic E-state index is 0.634. The first-order valence-corrected chi connectivity index (χ1v) is 7.39. The summed E-state index contributed by atoms with van der Waals surface area (Å²) in [5.41, 5.74) is 5.04. The molecule has 0 radical (unpaired) electrons. The van der Waals surface area contributed by atoms with Crippen LogP contribution in [0.3, 0.4) is 0 Å². The molecular formula is C16H14BrN3. The molecule has 2 N–H and O–H groups in total. The molecule has 20 heavy (non-hydrogen) atoms. The zero-order valence-electron chi connectivity index (χ0n) is 10.9. The average molecular weight is 328 g/mol. The molecule has 2 aromatic carbocycles. The van der Waals surface area contributed by atoms with Crippen LogP contribution >= 0.6 is 15.9 Å². The van der Waals surface area contributed by atoms with Crippen molar-refractivity contribution < 1.29 is 0 Å². The fourth-order valence-electron chi connectivity index (χ4n) is 2.43. The van der Waals surface area contributed by atoms with Crippen molar-refractivity contribution in [3.8, 4) is 6.07 Å². The number of nitrogens with one attached hydrogen (secondary N) is 2. The molecule has 0 fully saturated rings. The third kappa shape index (κ3) is 2.63. The summed E-state index contributed by atoms with van der Waals surface area (Å²) >= 11 is 3.38. The summed E-state index contributed by atoms with van der Waals surface area (Å²) in [4.78, 5) is 0. The van der Waals surface area contributed by atoms with Crippen LogP contribution in [0.2, 0.25) is 0 Å². The van der Waals surface area contributed by atoms with Gasteiger partial charge in [-0.05, 0) is 54.8 Å². The Balaban J connectivity index is 1.90. The standard InChI is InChI=1S/C16H14BrN3/c17-13-3-5-16(12(8-13)10-18)20-14-4-6-15-11(9-14)2-1-7-19-15/h3-6,8-9,19-20H,1-2,7H2. The second kappa shape index (κ2) is 5.56. The summed E-state index contributed by atoms with van der Waals surface area (Å²) in [6.45, 7) is 1.05. The lowest BCUT2D eigenvalue weighted by atomic mass is 10.0. The van der Waals surface area contributed by atoms with Crippen LogP contribution in [0, 0.1) is 11.3 Å². The highest BCUT2D eigenvalue weighted by atomic mass is 79.9. The quantitative estimate of drug-likeness (QED) is 0.858. The Morgan fingerprint density at radius 1 is 1.20 bits per heavy atom. The molecule has 0 unspecified atom stereocenters. The van der Waals surface area contributed by atoms with E-state index >= 15 is 0 Å². The van der Waals surface area contributed by atoms with E-state index in [1.165, 1.54) is 11.3 Å². The van der Waals surface area contributed by atoms with Crippen LogP contribution in [0.1, 0.15) is 17.5 Å². The van der Waals surface area contributed by atoms with Gasteiger partial charge < -0.3 is 10.6 Å². The highest BCUT2D eigenvalue weighted by Gasteiger charge is 2.09. The monoisotopic (exact) mass is 327 g/mol. The van der Waals surface area contributed by atoms with Gasteiger partial charge in [0.15, 0.2) is 0 Å². The maximum absolute atomic E-state index is 9.19. The van der Waals surface area contributed by atoms with Gasteiger partial charge in [-0.25, -0.2) is 0 Å². The first-order chi connectivity index (χ1) is 9.76. The molecule has 1 aliphatic rings. The van der Waals surface area contributed by atoms with Crippen molar-refractivity contribution in [3.05, 3.63) is 52.0 Å². The van der Waals surface area contributed by atoms with E-state index in [1.807, 2.05) is 24.3 Å². The molecule has 0 aliphatic carbocycles. The van der Waals surface area contributed by atoms with Gasteiger partial charge in [0, 0.05) is 22.4 Å². The molecule has 0 aromatic heterocycles. The molecule has 3 rings (SSSR count). The molecule has 0 saturated carbocycles. The minimum Gasteiger partial charge on any atom is -0.385 e. The molecule has 0 atom stereocenters. The SMILES string of the molecule is N#Cc1cc(Br)ccc1Nc1ccc2c(c1)CCCN2. The van der Waals surface area contributed by atoms with Crippen LogP contribution in [0.25, 0.3) is 0 Å². The Labute approximate surface area is 126 Å². The lowest BCUT2D eigenvalue weighted by Gasteiger charge is -2.19. The highest BCUT2D eigenvalue weighted by Crippen LogP contribution is 2.28. The van der Waals surface area contributed by atoms with Gasteiger partial charge in [-0.1, -0.05) is 15.9 Å². The Morgan fingerprint density at radius 2 is 2.10 bits per heavy atom. The molecule has 4 heteroatoms. The van der Waals surface area contributed by atoms with Crippen molar-refractivity contribution in [1.29, 1.82) is 5.26 Å². The molecule has 3 nitrogen and oxygen atoms in total. The first kappa shape index (κ1) is 13.0. The molecule has 0 amide bonds. The zero-order chi connectivity index (χ0) is 13.9. The lowest BCUT2D eigenvalue weighted by Crippen LogP contribution is -2.11. The predicted octanol–water partition coefficient (Wildman–Crippen LogP) is 4.42. The van der Waals surface area contributed by atoms with E-state index < -0.39 is 0 Å². The maximum atomic E-state index is 9.19. The number of fused-ring (bicyclic) bond motifs is 1. The van der Waals surface area contributed by atoms with Gasteiger partial charge in [-0.15, -0.1) is 0 Å². The number of nitriles is 1. The fourth-order valence-corrected chi connectivity index (χ4v) is 2.79. The Hall–Kier alpha value is -1.99. The van der Waals surface area contributed by atoms with Gasteiger partial charge >= 0.3 is 0 Å². The van der Waals surface area contributed by atoms with Crippen molar-refractivity contribution in [2.75, 3.05) is 17.2 Å². The van der Waals surface area contributed by atoms with Crippen LogP contribution in [0.4, 0.5) is 17.1 Å². The minimum absolute atomic E-state index is 0.634. The molecule has 2 aromatic rings. The van der Waals surface area contributed by atoms with Crippen LogP contribution in [0.15, 0.2) is 40.9 Å². The number of rotatable bonds is 2. The summed E-state index contributed by atoms with van der Waals surface area (Å²) in [6, 6.07) is 14.2. The normalized spacial score (nSPS) is 13.0. The number of nitrogens with zero attached hydrogens (tertiary/aromatic N) is 1. The molecule has 0 saturated heterocycles. The maximum Gasteiger partial charge on any atom is 0.101 e. The third-order valence-electron chi connectivity index (χ3n) is 3.42. The summed E-state index contributed by atoms with van der Waals surface area (Å²) in [5, 5.41) is 15.9. The second-order valence-electron chi connectivity index (χ2n) is 4.83. The van der Waals surface area contributed by atoms with Crippen LogP contribution < -0.4 is 10.6 Å². The van der Waals surface area contributed by atoms with E-state index in [0.717, 1.165) is 35.2 Å². The van der Waals surface area contributed by atoms with Gasteiger partial charge in [0.1, 0.15) is 6.07 Å². The van der Waals surface area contributed by atoms with E-state index in [0.29, 0.717) is 5.56 Å². The average Bonchev–Trinajstić information content (AvgIpc) is 2.49. The van der Waals surface area contributed by atoms with Gasteiger partial charge in [0.25, 0.3) is 0 Å². The Kier molecular flexibility index (Phi) is 3.62. The number of hydrogen-bond acceptors (Lipinski definition) is 3. The number of aryl methyl sites for hydroxylation is 1. The van der Waals surface area contributed by atoms with Crippen LogP contribution in [-0.4, -0.2) is 6.54 Å². The Morgan fingerprint density at radius 3 is 2.95 bits per heavy atom. The summed E-state index contributed by atoms with van der Waals surface area (Å²) in [7, 11) is 0. The van der Waals surface area contributed by atoms with Gasteiger partial charge in [0.2, 0.25) is 0 Å². The predicted molar refractivity (Wildman–Crippen MR) is 85.4 cm³/mol. The van der Waals surface area contributed by atoms with E-state index in [9.17, 15) is 5.26 Å². The van der Waals surface area contributed by atoms with Crippen LogP contribution in [0.5, 0.6) is 0 Å². The first-order valence-electron chi connectivity index (χ1n) is 6.60. The van der Waals surface area contributed by atoms with E-state index in [2.05, 4.69) is 44.8 Å². The number of benzene rings is 2. The molecular weight excluding hydrogens is 314 g/mol. The van der Waals surface area contributed by atoms with E-state index in [1.54, 1.807) is 0 Å². The van der Waals surface area contributed by atoms with Gasteiger partial charge in [-0.2, -0.15) is 5.26 Å². The molecule has 1 aliphatic heterocycles. The summed E-state index contributed by atoms with van der Waals surface area (Å²) in [6.07, 6.45) is 2.27. The third-order valence-corrected chi connectivity index (χ3v) is 3.92. The number of halogens is 1. The van der Waals surface area contributed by atoms with Crippen molar-refractivity contribution >= 4 is 33.0 Å². The van der Waals surface area contributed by atoms with E-state index in [-0.39, 0.29) is 0 Å². The molecule has 100 valence electrons. The largest absolute Gasteiger partial charge is 0.385 e. The van der Waals surface area contributed by atoms with Crippen molar-refractivity contribution in [1.82, 2.24) is 0 Å². The summed E-state index contributed by atoms with van der Waals surface area (Å²) in [5.74, 6) is 0. The smallest absolute Gasteiger partial charge is 0.101 e. The number of anilines is 3. The summed E-state index contributed by atoms with van der Waals surface area (Å²) < 4.78 is 0.911. The van der Waals surface area contributed by atoms with E-state index in [4.69, 9.17) is 0 Å². The van der Waals surface area contributed by atoms with Crippen molar-refractivity contribution in [3.63, 3.8) is 0 Å². The molecule has 0 spiro atoms. The highest BCUT2D eigenvalue weighted by molar-refractivity contribution is 9.10. The Bertz CT molecular complexity index is 689.